The summed E-state index contributed by atoms with van der Waals surface area (Å²) in [6.07, 6.45) is 1.13. The molecule has 1 aromatic carbocycles. The van der Waals surface area contributed by atoms with Gasteiger partial charge >= 0.3 is 0 Å². The number of nitrogens with one attached hydrogen (secondary N) is 1. The quantitative estimate of drug-likeness (QED) is 0.795. The second-order valence-corrected chi connectivity index (χ2v) is 4.98. The molecule has 102 valence electrons. The van der Waals surface area contributed by atoms with Crippen LogP contribution in [0.25, 0.3) is 0 Å². The van der Waals surface area contributed by atoms with Gasteiger partial charge in [-0.1, -0.05) is 19.9 Å². The van der Waals surface area contributed by atoms with E-state index in [-0.39, 0.29) is 11.9 Å². The predicted octanol–water partition coefficient (Wildman–Crippen LogP) is 3.92. The number of rotatable bonds is 7. The Balaban J connectivity index is 2.57. The van der Waals surface area contributed by atoms with Gasteiger partial charge in [-0.25, -0.2) is 4.39 Å². The lowest BCUT2D eigenvalue weighted by molar-refractivity contribution is 0.321. The van der Waals surface area contributed by atoms with Crippen LogP contribution < -0.4 is 10.1 Å². The molecule has 1 N–H and O–H groups in total. The van der Waals surface area contributed by atoms with E-state index in [0.29, 0.717) is 18.3 Å². The smallest absolute Gasteiger partial charge is 0.165 e. The topological polar surface area (TPSA) is 21.3 Å². The zero-order valence-corrected chi connectivity index (χ0v) is 11.8. The number of ether oxygens (including phenoxy) is 1. The third kappa shape index (κ3) is 4.65. The van der Waals surface area contributed by atoms with Crippen LogP contribution in [0.15, 0.2) is 18.2 Å². The molecule has 2 nitrogen and oxygen atoms in total. The molecule has 0 aliphatic carbocycles. The maximum absolute atomic E-state index is 13.7. The average molecular weight is 253 g/mol. The minimum absolute atomic E-state index is 0.161. The minimum Gasteiger partial charge on any atom is -0.491 e. The highest BCUT2D eigenvalue weighted by molar-refractivity contribution is 5.30. The zero-order valence-electron chi connectivity index (χ0n) is 11.8. The molecule has 0 saturated carbocycles. The van der Waals surface area contributed by atoms with Gasteiger partial charge in [0.05, 0.1) is 6.61 Å². The second kappa shape index (κ2) is 7.37. The third-order valence-corrected chi connectivity index (χ3v) is 2.93. The lowest BCUT2D eigenvalue weighted by atomic mass is 10.1. The first-order valence-corrected chi connectivity index (χ1v) is 6.70. The highest BCUT2D eigenvalue weighted by Gasteiger charge is 2.09. The summed E-state index contributed by atoms with van der Waals surface area (Å²) < 4.78 is 18.9. The predicted molar refractivity (Wildman–Crippen MR) is 73.4 cm³/mol. The van der Waals surface area contributed by atoms with E-state index in [9.17, 15) is 4.39 Å². The molecule has 1 rings (SSSR count). The second-order valence-electron chi connectivity index (χ2n) is 4.98. The van der Waals surface area contributed by atoms with Crippen molar-refractivity contribution in [3.63, 3.8) is 0 Å². The average Bonchev–Trinajstić information content (AvgIpc) is 2.31. The summed E-state index contributed by atoms with van der Waals surface area (Å²) in [6.45, 7) is 9.73. The third-order valence-electron chi connectivity index (χ3n) is 2.93. The van der Waals surface area contributed by atoms with E-state index in [1.165, 1.54) is 0 Å². The Morgan fingerprint density at radius 1 is 1.28 bits per heavy atom. The van der Waals surface area contributed by atoms with Crippen molar-refractivity contribution in [2.45, 2.75) is 40.2 Å². The number of halogens is 1. The van der Waals surface area contributed by atoms with Crippen LogP contribution in [0.3, 0.4) is 0 Å². The van der Waals surface area contributed by atoms with Gasteiger partial charge in [-0.05, 0) is 50.4 Å². The van der Waals surface area contributed by atoms with Crippen LogP contribution in [0.2, 0.25) is 0 Å². The highest BCUT2D eigenvalue weighted by Crippen LogP contribution is 2.22. The Labute approximate surface area is 110 Å². The van der Waals surface area contributed by atoms with E-state index in [4.69, 9.17) is 4.74 Å². The van der Waals surface area contributed by atoms with Crippen molar-refractivity contribution in [2.75, 3.05) is 13.2 Å². The molecule has 0 amide bonds. The fraction of sp³-hybridized carbons (Fsp3) is 0.600. The Morgan fingerprint density at radius 3 is 2.56 bits per heavy atom. The first-order valence-electron chi connectivity index (χ1n) is 6.70. The highest BCUT2D eigenvalue weighted by atomic mass is 19.1. The van der Waals surface area contributed by atoms with Gasteiger partial charge in [0.15, 0.2) is 11.6 Å². The summed E-state index contributed by atoms with van der Waals surface area (Å²) in [6, 6.07) is 5.34. The summed E-state index contributed by atoms with van der Waals surface area (Å²) in [4.78, 5) is 0. The first-order chi connectivity index (χ1) is 8.54. The Kier molecular flexibility index (Phi) is 6.13. The molecule has 0 bridgehead atoms. The number of hydrogen-bond donors (Lipinski definition) is 1. The SMILES string of the molecule is CCOc1ccc([C@H](C)NCCC(C)C)cc1F. The van der Waals surface area contributed by atoms with Gasteiger partial charge in [-0.15, -0.1) is 0 Å². The lowest BCUT2D eigenvalue weighted by Gasteiger charge is -2.16. The number of hydrogen-bond acceptors (Lipinski definition) is 2. The van der Waals surface area contributed by atoms with E-state index in [1.807, 2.05) is 13.0 Å². The molecular weight excluding hydrogens is 229 g/mol. The fourth-order valence-corrected chi connectivity index (χ4v) is 1.77. The van der Waals surface area contributed by atoms with Crippen molar-refractivity contribution in [3.05, 3.63) is 29.6 Å². The molecular formula is C15H24FNO. The van der Waals surface area contributed by atoms with E-state index in [0.717, 1.165) is 18.5 Å². The summed E-state index contributed by atoms with van der Waals surface area (Å²) in [7, 11) is 0. The molecule has 0 radical (unpaired) electrons. The molecule has 18 heavy (non-hydrogen) atoms. The molecule has 0 aliphatic heterocycles. The standard InChI is InChI=1S/C15H24FNO/c1-5-18-15-7-6-13(10-14(15)16)12(4)17-9-8-11(2)3/h6-7,10-12,17H,5,8-9H2,1-4H3/t12-/m0/s1. The monoisotopic (exact) mass is 253 g/mol. The van der Waals surface area contributed by atoms with Crippen molar-refractivity contribution < 1.29 is 9.13 Å². The first kappa shape index (κ1) is 15.0. The molecule has 0 saturated heterocycles. The summed E-state index contributed by atoms with van der Waals surface area (Å²) in [5.74, 6) is 0.726. The van der Waals surface area contributed by atoms with Crippen LogP contribution in [0.4, 0.5) is 4.39 Å². The number of benzene rings is 1. The Bertz CT molecular complexity index is 366. The fourth-order valence-electron chi connectivity index (χ4n) is 1.77. The summed E-state index contributed by atoms with van der Waals surface area (Å²) in [5.41, 5.74) is 0.958. The van der Waals surface area contributed by atoms with E-state index in [1.54, 1.807) is 12.1 Å². The molecule has 0 spiro atoms. The van der Waals surface area contributed by atoms with Crippen LogP contribution in [0.5, 0.6) is 5.75 Å². The zero-order chi connectivity index (χ0) is 13.5. The molecule has 0 fully saturated rings. The molecule has 0 unspecified atom stereocenters. The van der Waals surface area contributed by atoms with Crippen LogP contribution in [-0.4, -0.2) is 13.2 Å². The van der Waals surface area contributed by atoms with Crippen LogP contribution >= 0.6 is 0 Å². The van der Waals surface area contributed by atoms with Gasteiger partial charge in [-0.3, -0.25) is 0 Å². The molecule has 0 aliphatic rings. The van der Waals surface area contributed by atoms with E-state index >= 15 is 0 Å². The van der Waals surface area contributed by atoms with Gasteiger partial charge in [0.2, 0.25) is 0 Å². The minimum atomic E-state index is -0.285. The maximum atomic E-state index is 13.7. The Morgan fingerprint density at radius 2 is 2.00 bits per heavy atom. The van der Waals surface area contributed by atoms with Crippen molar-refractivity contribution in [1.29, 1.82) is 0 Å². The van der Waals surface area contributed by atoms with Crippen molar-refractivity contribution in [2.24, 2.45) is 5.92 Å². The van der Waals surface area contributed by atoms with Crippen molar-refractivity contribution in [3.8, 4) is 5.75 Å². The van der Waals surface area contributed by atoms with E-state index < -0.39 is 0 Å². The van der Waals surface area contributed by atoms with Gasteiger partial charge in [0.1, 0.15) is 0 Å². The molecule has 0 aromatic heterocycles. The summed E-state index contributed by atoms with van der Waals surface area (Å²) >= 11 is 0. The van der Waals surface area contributed by atoms with Crippen molar-refractivity contribution in [1.82, 2.24) is 5.32 Å². The maximum Gasteiger partial charge on any atom is 0.165 e. The molecule has 3 heteroatoms. The van der Waals surface area contributed by atoms with Crippen molar-refractivity contribution >= 4 is 0 Å². The molecule has 0 heterocycles. The van der Waals surface area contributed by atoms with Crippen LogP contribution in [0, 0.1) is 11.7 Å². The Hall–Kier alpha value is -1.09. The van der Waals surface area contributed by atoms with Crippen LogP contribution in [0.1, 0.15) is 45.7 Å². The normalized spacial score (nSPS) is 12.8. The van der Waals surface area contributed by atoms with E-state index in [2.05, 4.69) is 26.1 Å². The van der Waals surface area contributed by atoms with Gasteiger partial charge in [0, 0.05) is 6.04 Å². The molecule has 1 aromatic rings. The lowest BCUT2D eigenvalue weighted by Crippen LogP contribution is -2.21. The van der Waals surface area contributed by atoms with Crippen LogP contribution in [-0.2, 0) is 0 Å². The van der Waals surface area contributed by atoms with Gasteiger partial charge in [-0.2, -0.15) is 0 Å². The summed E-state index contributed by atoms with van der Waals surface area (Å²) in [5, 5.41) is 3.40. The molecule has 1 atom stereocenters. The largest absolute Gasteiger partial charge is 0.491 e. The van der Waals surface area contributed by atoms with Gasteiger partial charge < -0.3 is 10.1 Å². The van der Waals surface area contributed by atoms with Gasteiger partial charge in [0.25, 0.3) is 0 Å².